The Morgan fingerprint density at radius 1 is 0.938 bits per heavy atom. The molecule has 0 bridgehead atoms. The lowest BCUT2D eigenvalue weighted by Crippen LogP contribution is -2.30. The lowest BCUT2D eigenvalue weighted by atomic mass is 10.1. The van der Waals surface area contributed by atoms with E-state index >= 15 is 0 Å². The molecule has 0 atom stereocenters. The van der Waals surface area contributed by atoms with Gasteiger partial charge in [0.2, 0.25) is 0 Å². The third kappa shape index (κ3) is 5.08. The van der Waals surface area contributed by atoms with Gasteiger partial charge in [0.25, 0.3) is 5.91 Å². The maximum absolute atomic E-state index is 13.1. The van der Waals surface area contributed by atoms with Crippen molar-refractivity contribution in [2.24, 2.45) is 0 Å². The third-order valence-corrected chi connectivity index (χ3v) is 5.95. The number of amides is 3. The van der Waals surface area contributed by atoms with Gasteiger partial charge in [0.15, 0.2) is 0 Å². The monoisotopic (exact) mass is 558 g/mol. The Bertz CT molecular complexity index is 1170. The van der Waals surface area contributed by atoms with Crippen LogP contribution >= 0.6 is 31.9 Å². The van der Waals surface area contributed by atoms with Gasteiger partial charge in [0, 0.05) is 0 Å². The number of hydrogen-bond donors (Lipinski definition) is 1. The Hall–Kier alpha value is -2.97. The van der Waals surface area contributed by atoms with Crippen LogP contribution in [0.5, 0.6) is 5.75 Å². The topological polar surface area (TPSA) is 58.6 Å². The molecule has 0 spiro atoms. The summed E-state index contributed by atoms with van der Waals surface area (Å²) in [5.74, 6) is -0.115. The Labute approximate surface area is 201 Å². The molecule has 1 N–H and O–H groups in total. The van der Waals surface area contributed by atoms with Gasteiger partial charge < -0.3 is 10.1 Å². The SMILES string of the molecule is O=C1N/C(=C/c2cc(Br)c(OCc3ccc(F)cc3)c(Br)c2)C(=O)N1Cc1ccccc1. The molecule has 5 nitrogen and oxygen atoms in total. The normalized spacial score (nSPS) is 14.7. The summed E-state index contributed by atoms with van der Waals surface area (Å²) in [6, 6.07) is 18.5. The molecule has 3 aromatic carbocycles. The zero-order chi connectivity index (χ0) is 22.7. The molecule has 32 heavy (non-hydrogen) atoms. The van der Waals surface area contributed by atoms with Crippen LogP contribution in [-0.4, -0.2) is 16.8 Å². The summed E-state index contributed by atoms with van der Waals surface area (Å²) in [4.78, 5) is 26.2. The number of rotatable bonds is 6. The number of carbonyl (C=O) groups is 2. The number of imide groups is 1. The molecule has 8 heteroatoms. The summed E-state index contributed by atoms with van der Waals surface area (Å²) in [5, 5.41) is 2.63. The fourth-order valence-corrected chi connectivity index (χ4v) is 4.64. The van der Waals surface area contributed by atoms with Crippen LogP contribution in [-0.2, 0) is 17.9 Å². The van der Waals surface area contributed by atoms with Crippen LogP contribution in [0.3, 0.4) is 0 Å². The second-order valence-electron chi connectivity index (χ2n) is 7.09. The summed E-state index contributed by atoms with van der Waals surface area (Å²) in [6.07, 6.45) is 1.62. The van der Waals surface area contributed by atoms with E-state index in [0.29, 0.717) is 20.3 Å². The van der Waals surface area contributed by atoms with Crippen molar-refractivity contribution in [3.8, 4) is 5.75 Å². The molecule has 4 rings (SSSR count). The number of nitrogens with one attached hydrogen (secondary N) is 1. The molecule has 0 radical (unpaired) electrons. The fourth-order valence-electron chi connectivity index (χ4n) is 3.18. The van der Waals surface area contributed by atoms with Gasteiger partial charge in [-0.3, -0.25) is 9.69 Å². The Morgan fingerprint density at radius 2 is 1.59 bits per heavy atom. The van der Waals surface area contributed by atoms with Crippen molar-refractivity contribution in [3.05, 3.63) is 104 Å². The minimum absolute atomic E-state index is 0.199. The molecule has 0 saturated carbocycles. The molecule has 1 aliphatic heterocycles. The molecule has 1 heterocycles. The number of benzene rings is 3. The van der Waals surface area contributed by atoms with Crippen molar-refractivity contribution in [1.29, 1.82) is 0 Å². The van der Waals surface area contributed by atoms with Gasteiger partial charge in [-0.15, -0.1) is 0 Å². The van der Waals surface area contributed by atoms with E-state index in [1.165, 1.54) is 17.0 Å². The second kappa shape index (κ2) is 9.67. The summed E-state index contributed by atoms with van der Waals surface area (Å²) in [5.41, 5.74) is 2.59. The lowest BCUT2D eigenvalue weighted by molar-refractivity contribution is -0.123. The number of ether oxygens (including phenoxy) is 1. The Morgan fingerprint density at radius 3 is 2.25 bits per heavy atom. The number of hydrogen-bond acceptors (Lipinski definition) is 3. The van der Waals surface area contributed by atoms with Crippen LogP contribution in [0.4, 0.5) is 9.18 Å². The van der Waals surface area contributed by atoms with Gasteiger partial charge in [-0.1, -0.05) is 42.5 Å². The number of urea groups is 1. The van der Waals surface area contributed by atoms with E-state index in [1.807, 2.05) is 30.3 Å². The van der Waals surface area contributed by atoms with Crippen LogP contribution in [0.25, 0.3) is 6.08 Å². The zero-order valence-corrected chi connectivity index (χ0v) is 19.8. The predicted molar refractivity (Wildman–Crippen MR) is 126 cm³/mol. The van der Waals surface area contributed by atoms with Gasteiger partial charge in [0.1, 0.15) is 23.9 Å². The van der Waals surface area contributed by atoms with Gasteiger partial charge in [-0.05, 0) is 78.9 Å². The van der Waals surface area contributed by atoms with E-state index in [1.54, 1.807) is 30.3 Å². The first kappa shape index (κ1) is 22.2. The largest absolute Gasteiger partial charge is 0.487 e. The second-order valence-corrected chi connectivity index (χ2v) is 8.80. The molecule has 1 saturated heterocycles. The molecular formula is C24H17Br2FN2O3. The maximum atomic E-state index is 13.1. The van der Waals surface area contributed by atoms with Crippen molar-refractivity contribution >= 4 is 49.9 Å². The molecule has 1 fully saturated rings. The highest BCUT2D eigenvalue weighted by atomic mass is 79.9. The van der Waals surface area contributed by atoms with Gasteiger partial charge in [-0.2, -0.15) is 0 Å². The van der Waals surface area contributed by atoms with E-state index in [0.717, 1.165) is 11.1 Å². The molecule has 0 aromatic heterocycles. The summed E-state index contributed by atoms with van der Waals surface area (Å²) < 4.78 is 20.2. The summed E-state index contributed by atoms with van der Waals surface area (Å²) in [6.45, 7) is 0.466. The summed E-state index contributed by atoms with van der Waals surface area (Å²) in [7, 11) is 0. The highest BCUT2D eigenvalue weighted by Crippen LogP contribution is 2.36. The van der Waals surface area contributed by atoms with Crippen LogP contribution in [0.1, 0.15) is 16.7 Å². The molecular weight excluding hydrogens is 543 g/mol. The number of nitrogens with zero attached hydrogens (tertiary/aromatic N) is 1. The van der Waals surface area contributed by atoms with E-state index in [2.05, 4.69) is 37.2 Å². The highest BCUT2D eigenvalue weighted by molar-refractivity contribution is 9.11. The van der Waals surface area contributed by atoms with Crippen LogP contribution in [0.15, 0.2) is 81.4 Å². The van der Waals surface area contributed by atoms with E-state index in [9.17, 15) is 14.0 Å². The quantitative estimate of drug-likeness (QED) is 0.297. The Kier molecular flexibility index (Phi) is 6.72. The third-order valence-electron chi connectivity index (χ3n) is 4.77. The lowest BCUT2D eigenvalue weighted by Gasteiger charge is -2.12. The van der Waals surface area contributed by atoms with Crippen molar-refractivity contribution in [1.82, 2.24) is 10.2 Å². The van der Waals surface area contributed by atoms with Crippen LogP contribution in [0.2, 0.25) is 0 Å². The van der Waals surface area contributed by atoms with Gasteiger partial charge in [-0.25, -0.2) is 9.18 Å². The van der Waals surface area contributed by atoms with E-state index in [-0.39, 0.29) is 30.6 Å². The molecule has 0 unspecified atom stereocenters. The highest BCUT2D eigenvalue weighted by Gasteiger charge is 2.33. The van der Waals surface area contributed by atoms with Crippen LogP contribution < -0.4 is 10.1 Å². The van der Waals surface area contributed by atoms with Gasteiger partial charge in [0.05, 0.1) is 15.5 Å². The zero-order valence-electron chi connectivity index (χ0n) is 16.6. The van der Waals surface area contributed by atoms with Crippen molar-refractivity contribution in [2.45, 2.75) is 13.2 Å². The average Bonchev–Trinajstić information content (AvgIpc) is 3.02. The maximum Gasteiger partial charge on any atom is 0.329 e. The molecule has 162 valence electrons. The molecule has 3 aromatic rings. The summed E-state index contributed by atoms with van der Waals surface area (Å²) >= 11 is 6.98. The first-order valence-corrected chi connectivity index (χ1v) is 11.2. The minimum atomic E-state index is -0.456. The van der Waals surface area contributed by atoms with Crippen LogP contribution in [0, 0.1) is 5.82 Å². The molecule has 1 aliphatic rings. The predicted octanol–water partition coefficient (Wildman–Crippen LogP) is 6.02. The molecule has 3 amide bonds. The molecule has 0 aliphatic carbocycles. The number of halogens is 3. The van der Waals surface area contributed by atoms with Crippen molar-refractivity contribution in [2.75, 3.05) is 0 Å². The van der Waals surface area contributed by atoms with Crippen molar-refractivity contribution in [3.63, 3.8) is 0 Å². The Balaban J connectivity index is 1.49. The standard InChI is InChI=1S/C24H17Br2FN2O3/c25-19-10-17(11-20(26)22(19)32-14-16-6-8-18(27)9-7-16)12-21-23(30)29(24(31)28-21)13-15-4-2-1-3-5-15/h1-12H,13-14H2,(H,28,31)/b21-12+. The number of carbonyl (C=O) groups excluding carboxylic acids is 2. The minimum Gasteiger partial charge on any atom is -0.487 e. The van der Waals surface area contributed by atoms with Gasteiger partial charge >= 0.3 is 6.03 Å². The first-order valence-electron chi connectivity index (χ1n) is 9.65. The average molecular weight is 560 g/mol. The van der Waals surface area contributed by atoms with E-state index in [4.69, 9.17) is 4.74 Å². The smallest absolute Gasteiger partial charge is 0.329 e. The van der Waals surface area contributed by atoms with E-state index < -0.39 is 6.03 Å². The fraction of sp³-hybridized carbons (Fsp3) is 0.0833. The first-order chi connectivity index (χ1) is 15.4. The van der Waals surface area contributed by atoms with Crippen molar-refractivity contribution < 1.29 is 18.7 Å².